The highest BCUT2D eigenvalue weighted by Crippen LogP contribution is 2.45. The molecule has 2 aromatic heterocycles. The van der Waals surface area contributed by atoms with Gasteiger partial charge in [-0.15, -0.1) is 0 Å². The summed E-state index contributed by atoms with van der Waals surface area (Å²) >= 11 is 3.58. The summed E-state index contributed by atoms with van der Waals surface area (Å²) in [5, 5.41) is 18.7. The molecule has 4 heterocycles. The Morgan fingerprint density at radius 1 is 1.08 bits per heavy atom. The third-order valence-electron chi connectivity index (χ3n) is 10.4. The number of benzene rings is 2. The van der Waals surface area contributed by atoms with E-state index in [2.05, 4.69) is 56.6 Å². The zero-order chi connectivity index (χ0) is 37.0. The fourth-order valence-electron chi connectivity index (χ4n) is 7.37. The number of rotatable bonds is 12. The molecule has 0 aliphatic carbocycles. The third kappa shape index (κ3) is 7.94. The summed E-state index contributed by atoms with van der Waals surface area (Å²) in [5.41, 5.74) is 5.34. The van der Waals surface area contributed by atoms with Crippen molar-refractivity contribution in [1.82, 2.24) is 30.2 Å². The average Bonchev–Trinajstić information content (AvgIpc) is 3.15. The first-order valence-corrected chi connectivity index (χ1v) is 20.9. The number of fused-ring (bicyclic) bond motifs is 1. The maximum absolute atomic E-state index is 13.5. The number of halogens is 2. The lowest BCUT2D eigenvalue weighted by molar-refractivity contribution is 0.0520. The van der Waals surface area contributed by atoms with Crippen molar-refractivity contribution < 1.29 is 13.7 Å². The fraction of sp³-hybridized carbons (Fsp3) is 0.432. The molecule has 1 atom stereocenters. The van der Waals surface area contributed by atoms with Crippen molar-refractivity contribution in [3.63, 3.8) is 0 Å². The summed E-state index contributed by atoms with van der Waals surface area (Å²) in [6.45, 7) is 8.74. The molecule has 4 aromatic rings. The first-order chi connectivity index (χ1) is 25.0. The minimum Gasteiger partial charge on any atom is -0.494 e. The summed E-state index contributed by atoms with van der Waals surface area (Å²) in [7, 11) is 0.663. The lowest BCUT2D eigenvalue weighted by atomic mass is 9.71. The van der Waals surface area contributed by atoms with E-state index < -0.39 is 7.14 Å². The molecule has 2 aliphatic heterocycles. The van der Waals surface area contributed by atoms with Crippen LogP contribution < -0.4 is 30.9 Å². The first kappa shape index (κ1) is 37.6. The molecule has 0 amide bonds. The Labute approximate surface area is 313 Å². The molecule has 2 aromatic carbocycles. The van der Waals surface area contributed by atoms with Gasteiger partial charge >= 0.3 is 0 Å². The van der Waals surface area contributed by atoms with Gasteiger partial charge in [0.15, 0.2) is 0 Å². The number of hydrogen-bond donors (Lipinski definition) is 4. The van der Waals surface area contributed by atoms with E-state index in [4.69, 9.17) is 15.1 Å². The number of ether oxygens (including phenoxy) is 1. The van der Waals surface area contributed by atoms with E-state index in [1.165, 1.54) is 6.21 Å². The topological polar surface area (TPSA) is 144 Å². The second-order valence-electron chi connectivity index (χ2n) is 14.0. The third-order valence-corrected chi connectivity index (χ3v) is 12.5. The fourth-order valence-corrected chi connectivity index (χ4v) is 9.05. The van der Waals surface area contributed by atoms with Crippen molar-refractivity contribution in [2.45, 2.75) is 38.6 Å². The van der Waals surface area contributed by atoms with Gasteiger partial charge in [-0.3, -0.25) is 14.9 Å². The maximum Gasteiger partial charge on any atom is 0.229 e. The quantitative estimate of drug-likeness (QED) is 0.0856. The largest absolute Gasteiger partial charge is 0.494 e. The summed E-state index contributed by atoms with van der Waals surface area (Å²) < 4.78 is 33.4. The normalized spacial score (nSPS) is 17.2. The molecule has 6 rings (SSSR count). The van der Waals surface area contributed by atoms with Gasteiger partial charge in [-0.1, -0.05) is 0 Å². The molecule has 2 aliphatic rings. The van der Waals surface area contributed by atoms with Crippen LogP contribution in [-0.2, 0) is 4.57 Å². The number of aromatic nitrogens is 4. The molecule has 2 saturated heterocycles. The Morgan fingerprint density at radius 3 is 2.44 bits per heavy atom. The van der Waals surface area contributed by atoms with Gasteiger partial charge in [0, 0.05) is 80.1 Å². The van der Waals surface area contributed by atoms with Crippen LogP contribution in [0.25, 0.3) is 16.6 Å². The van der Waals surface area contributed by atoms with Crippen LogP contribution >= 0.6 is 23.1 Å². The highest BCUT2D eigenvalue weighted by Gasteiger charge is 2.39. The minimum atomic E-state index is -2.79. The van der Waals surface area contributed by atoms with Gasteiger partial charge in [0.1, 0.15) is 30.9 Å². The maximum atomic E-state index is 13.5. The van der Waals surface area contributed by atoms with Crippen LogP contribution in [0, 0.1) is 10.8 Å². The second kappa shape index (κ2) is 15.9. The van der Waals surface area contributed by atoms with Crippen LogP contribution in [0.1, 0.15) is 38.2 Å². The predicted octanol–water partition coefficient (Wildman–Crippen LogP) is 7.18. The molecule has 1 unspecified atom stereocenters. The summed E-state index contributed by atoms with van der Waals surface area (Å²) in [4.78, 5) is 22.9. The molecule has 276 valence electrons. The van der Waals surface area contributed by atoms with Crippen molar-refractivity contribution in [2.24, 2.45) is 5.41 Å². The predicted molar refractivity (Wildman–Crippen MR) is 214 cm³/mol. The van der Waals surface area contributed by atoms with Crippen molar-refractivity contribution in [3.05, 3.63) is 59.1 Å². The molecule has 0 saturated carbocycles. The average molecular weight is 794 g/mol. The van der Waals surface area contributed by atoms with E-state index in [1.54, 1.807) is 39.0 Å². The van der Waals surface area contributed by atoms with Crippen molar-refractivity contribution >= 4 is 80.0 Å². The van der Waals surface area contributed by atoms with Crippen LogP contribution in [0.5, 0.6) is 5.75 Å². The summed E-state index contributed by atoms with van der Waals surface area (Å²) in [6.07, 6.45) is 12.3. The summed E-state index contributed by atoms with van der Waals surface area (Å²) in [5.74, 6) is 1.38. The number of likely N-dealkylation sites (tertiary alicyclic amines) is 1. The van der Waals surface area contributed by atoms with Gasteiger partial charge in [-0.2, -0.15) is 4.98 Å². The van der Waals surface area contributed by atoms with E-state index in [1.807, 2.05) is 44.4 Å². The SMILES string of the molecule is CN/C=C(\C=N)c1cc(Nc2ncc(Br)c(Nc3ccc4nccnc4c3P(C)(C)=O)n2)c(OC)cc1N1CCC2(CC1)CCN(C(C)CF)CC2. The van der Waals surface area contributed by atoms with Gasteiger partial charge in [-0.25, -0.2) is 9.37 Å². The monoisotopic (exact) mass is 792 g/mol. The number of methoxy groups -OCH3 is 1. The lowest BCUT2D eigenvalue weighted by Gasteiger charge is -2.48. The van der Waals surface area contributed by atoms with Gasteiger partial charge in [-0.05, 0) is 98.6 Å². The number of nitrogens with one attached hydrogen (secondary N) is 4. The molecule has 12 nitrogen and oxygen atoms in total. The van der Waals surface area contributed by atoms with E-state index in [0.29, 0.717) is 55.3 Å². The molecule has 15 heteroatoms. The van der Waals surface area contributed by atoms with Gasteiger partial charge in [0.05, 0.1) is 33.8 Å². The molecule has 0 radical (unpaired) electrons. The number of piperidine rings is 2. The zero-order valence-electron chi connectivity index (χ0n) is 30.3. The Hall–Kier alpha value is -4.13. The number of hydrogen-bond acceptors (Lipinski definition) is 12. The van der Waals surface area contributed by atoms with Crippen LogP contribution in [0.3, 0.4) is 0 Å². The smallest absolute Gasteiger partial charge is 0.229 e. The Balaban J connectivity index is 1.29. The van der Waals surface area contributed by atoms with Gasteiger partial charge < -0.3 is 35.6 Å². The van der Waals surface area contributed by atoms with Crippen molar-refractivity contribution in [3.8, 4) is 5.75 Å². The van der Waals surface area contributed by atoms with Gasteiger partial charge in [0.25, 0.3) is 0 Å². The van der Waals surface area contributed by atoms with E-state index in [-0.39, 0.29) is 18.1 Å². The van der Waals surface area contributed by atoms with E-state index in [0.717, 1.165) is 63.1 Å². The van der Waals surface area contributed by atoms with Gasteiger partial charge in [0.2, 0.25) is 5.95 Å². The van der Waals surface area contributed by atoms with E-state index in [9.17, 15) is 8.96 Å². The van der Waals surface area contributed by atoms with Crippen LogP contribution in [0.4, 0.5) is 33.2 Å². The van der Waals surface area contributed by atoms with Crippen LogP contribution in [-0.4, -0.2) is 97.4 Å². The highest BCUT2D eigenvalue weighted by atomic mass is 79.9. The van der Waals surface area contributed by atoms with E-state index >= 15 is 0 Å². The summed E-state index contributed by atoms with van der Waals surface area (Å²) in [6, 6.07) is 7.66. The first-order valence-electron chi connectivity index (χ1n) is 17.5. The van der Waals surface area contributed by atoms with Crippen molar-refractivity contribution in [2.75, 3.05) is 75.9 Å². The van der Waals surface area contributed by atoms with Crippen LogP contribution in [0.2, 0.25) is 0 Å². The second-order valence-corrected chi connectivity index (χ2v) is 18.0. The zero-order valence-corrected chi connectivity index (χ0v) is 32.8. The molecular weight excluding hydrogens is 746 g/mol. The minimum absolute atomic E-state index is 0.0195. The highest BCUT2D eigenvalue weighted by molar-refractivity contribution is 9.10. The molecule has 1 spiro atoms. The Bertz CT molecular complexity index is 2010. The standard InChI is InChI=1S/C37H47BrFN10O2P/c1-24(20-39)48-14-8-37(9-15-48)10-16-49(17-11-37)31-19-32(51-3)30(18-26(31)25(21-40)22-41-2)46-36-44-23-27(38)35(47-36)45-29-7-6-28-33(43-13-12-42-28)34(29)52(4,5)50/h6-7,12-13,18-19,21-24,40-41H,8-11,14-17,20H2,1-5H3,(H2,44,45,46,47)/b25-22+,40-21?. The molecule has 2 fully saturated rings. The van der Waals surface area contributed by atoms with Crippen LogP contribution in [0.15, 0.2) is 53.5 Å². The molecule has 0 bridgehead atoms. The Morgan fingerprint density at radius 2 is 1.79 bits per heavy atom. The Kier molecular flexibility index (Phi) is 11.5. The number of alkyl halides is 1. The van der Waals surface area contributed by atoms with Crippen molar-refractivity contribution in [1.29, 1.82) is 5.41 Å². The number of allylic oxidation sites excluding steroid dienone is 1. The molecule has 52 heavy (non-hydrogen) atoms. The lowest BCUT2D eigenvalue weighted by Crippen LogP contribution is -2.49. The molecule has 4 N–H and O–H groups in total. The number of anilines is 5. The molecular formula is C37H47BrFN10O2P. The number of nitrogens with zero attached hydrogens (tertiary/aromatic N) is 6.